The molecular weight excluding hydrogens is 380 g/mol. The first-order chi connectivity index (χ1) is 14.3. The van der Waals surface area contributed by atoms with Crippen molar-refractivity contribution < 1.29 is 0 Å². The second-order valence-corrected chi connectivity index (χ2v) is 11.3. The molecule has 0 amide bonds. The highest BCUT2D eigenvalue weighted by Gasteiger charge is 2.53. The molecule has 2 atom stereocenters. The van der Waals surface area contributed by atoms with Gasteiger partial charge >= 0.3 is 0 Å². The van der Waals surface area contributed by atoms with Crippen LogP contribution in [0.1, 0.15) is 69.9 Å². The number of hydrogen-bond acceptors (Lipinski definition) is 1. The molecule has 5 rings (SSSR count). The molecule has 3 aliphatic rings. The Morgan fingerprint density at radius 2 is 1.70 bits per heavy atom. The van der Waals surface area contributed by atoms with E-state index in [0.29, 0.717) is 5.92 Å². The quantitative estimate of drug-likeness (QED) is 0.465. The molecule has 1 heterocycles. The Bertz CT molecular complexity index is 1090. The van der Waals surface area contributed by atoms with E-state index in [1.807, 2.05) is 11.3 Å². The zero-order chi connectivity index (χ0) is 21.1. The summed E-state index contributed by atoms with van der Waals surface area (Å²) in [5.41, 5.74) is 10.8. The van der Waals surface area contributed by atoms with E-state index < -0.39 is 0 Å². The molecule has 0 bridgehead atoms. The van der Waals surface area contributed by atoms with Gasteiger partial charge < -0.3 is 0 Å². The third kappa shape index (κ3) is 2.86. The van der Waals surface area contributed by atoms with E-state index in [2.05, 4.69) is 94.6 Å². The second-order valence-electron chi connectivity index (χ2n) is 10.4. The van der Waals surface area contributed by atoms with Crippen molar-refractivity contribution in [3.63, 3.8) is 0 Å². The van der Waals surface area contributed by atoms with Gasteiger partial charge in [-0.3, -0.25) is 0 Å². The zero-order valence-electron chi connectivity index (χ0n) is 18.9. The molecule has 2 unspecified atom stereocenters. The van der Waals surface area contributed by atoms with Crippen molar-refractivity contribution in [2.45, 2.75) is 64.7 Å². The van der Waals surface area contributed by atoms with E-state index in [0.717, 1.165) is 6.42 Å². The smallest absolute Gasteiger partial charge is 0.0619 e. The van der Waals surface area contributed by atoms with Crippen molar-refractivity contribution in [2.24, 2.45) is 5.92 Å². The number of allylic oxidation sites excluding steroid dienone is 8. The minimum Gasteiger partial charge on any atom is -0.148 e. The van der Waals surface area contributed by atoms with Crippen molar-refractivity contribution >= 4 is 11.3 Å². The average molecular weight is 413 g/mol. The number of fused-ring (bicyclic) bond motifs is 2. The van der Waals surface area contributed by atoms with Gasteiger partial charge in [0, 0.05) is 10.8 Å². The summed E-state index contributed by atoms with van der Waals surface area (Å²) in [6, 6.07) is 14.2. The van der Waals surface area contributed by atoms with Crippen molar-refractivity contribution in [3.8, 4) is 0 Å². The fourth-order valence-corrected chi connectivity index (χ4v) is 6.80. The van der Waals surface area contributed by atoms with Crippen molar-refractivity contribution in [1.82, 2.24) is 0 Å². The molecule has 2 aromatic rings. The Labute approximate surface area is 185 Å². The minimum atomic E-state index is -0.0665. The Hall–Kier alpha value is -2.12. The maximum atomic E-state index is 2.53. The number of rotatable bonds is 2. The van der Waals surface area contributed by atoms with Gasteiger partial charge in [-0.15, -0.1) is 11.3 Å². The molecule has 0 saturated carbocycles. The first kappa shape index (κ1) is 19.8. The zero-order valence-corrected chi connectivity index (χ0v) is 19.7. The molecule has 1 aromatic carbocycles. The lowest BCUT2D eigenvalue weighted by atomic mass is 9.63. The summed E-state index contributed by atoms with van der Waals surface area (Å²) in [7, 11) is 0. The van der Waals surface area contributed by atoms with Gasteiger partial charge in [0.2, 0.25) is 0 Å². The van der Waals surface area contributed by atoms with E-state index >= 15 is 0 Å². The molecular formula is C29H32S. The lowest BCUT2D eigenvalue weighted by molar-refractivity contribution is 0.452. The van der Waals surface area contributed by atoms with Crippen LogP contribution in [0.3, 0.4) is 0 Å². The molecule has 1 heteroatoms. The summed E-state index contributed by atoms with van der Waals surface area (Å²) in [5.74, 6) is 0.494. The van der Waals surface area contributed by atoms with Crippen LogP contribution in [0.15, 0.2) is 87.9 Å². The Morgan fingerprint density at radius 1 is 0.933 bits per heavy atom. The molecule has 0 fully saturated rings. The van der Waals surface area contributed by atoms with E-state index in [-0.39, 0.29) is 10.8 Å². The fourth-order valence-electron chi connectivity index (χ4n) is 5.79. The summed E-state index contributed by atoms with van der Waals surface area (Å²) in [5, 5.41) is 2.26. The molecule has 1 aromatic heterocycles. The molecule has 0 N–H and O–H groups in total. The lowest BCUT2D eigenvalue weighted by Gasteiger charge is -2.40. The topological polar surface area (TPSA) is 0 Å². The maximum Gasteiger partial charge on any atom is 0.0619 e. The maximum absolute atomic E-state index is 2.53. The number of hydrogen-bond donors (Lipinski definition) is 0. The Morgan fingerprint density at radius 3 is 2.37 bits per heavy atom. The predicted octanol–water partition coefficient (Wildman–Crippen LogP) is 8.27. The third-order valence-electron chi connectivity index (χ3n) is 7.35. The van der Waals surface area contributed by atoms with Gasteiger partial charge in [-0.25, -0.2) is 0 Å². The largest absolute Gasteiger partial charge is 0.148 e. The predicted molar refractivity (Wildman–Crippen MR) is 130 cm³/mol. The van der Waals surface area contributed by atoms with Crippen LogP contribution in [0, 0.1) is 5.92 Å². The van der Waals surface area contributed by atoms with E-state index in [1.54, 1.807) is 16.7 Å². The van der Waals surface area contributed by atoms with Gasteiger partial charge in [0.1, 0.15) is 0 Å². The molecule has 154 valence electrons. The highest BCUT2D eigenvalue weighted by molar-refractivity contribution is 7.10. The van der Waals surface area contributed by atoms with Crippen LogP contribution in [0.25, 0.3) is 0 Å². The summed E-state index contributed by atoms with van der Waals surface area (Å²) in [4.78, 5) is 1.49. The Balaban J connectivity index is 1.80. The van der Waals surface area contributed by atoms with Crippen molar-refractivity contribution in [1.29, 1.82) is 0 Å². The van der Waals surface area contributed by atoms with Crippen LogP contribution in [0.4, 0.5) is 0 Å². The van der Waals surface area contributed by atoms with Crippen LogP contribution < -0.4 is 0 Å². The van der Waals surface area contributed by atoms with Crippen molar-refractivity contribution in [3.05, 3.63) is 104 Å². The van der Waals surface area contributed by atoms with Gasteiger partial charge in [0.15, 0.2) is 0 Å². The minimum absolute atomic E-state index is 0.0665. The van der Waals surface area contributed by atoms with Crippen molar-refractivity contribution in [2.75, 3.05) is 0 Å². The number of thiophene rings is 1. The first-order valence-corrected chi connectivity index (χ1v) is 12.1. The van der Waals surface area contributed by atoms with E-state index in [1.165, 1.54) is 40.0 Å². The van der Waals surface area contributed by atoms with E-state index in [4.69, 9.17) is 0 Å². The van der Waals surface area contributed by atoms with Crippen LogP contribution in [0.5, 0.6) is 0 Å². The molecule has 0 radical (unpaired) electrons. The standard InChI is InChI=1S/C29H32S/c1-19-8-14-23-24-15-9-20(2)18-26(24)29(25(23)17-19,27-7-6-16-30-27)22-12-10-21(11-13-22)28(3,4)5/h6-8,10-14,16,18,25H,9,15,17H2,1-5H3. The van der Waals surface area contributed by atoms with Crippen LogP contribution in [-0.4, -0.2) is 0 Å². The van der Waals surface area contributed by atoms with E-state index in [9.17, 15) is 0 Å². The van der Waals surface area contributed by atoms with Gasteiger partial charge in [-0.2, -0.15) is 0 Å². The average Bonchev–Trinajstić information content (AvgIpc) is 3.32. The highest BCUT2D eigenvalue weighted by atomic mass is 32.1. The molecule has 0 saturated heterocycles. The van der Waals surface area contributed by atoms with Gasteiger partial charge in [0.25, 0.3) is 0 Å². The fraction of sp³-hybridized carbons (Fsp3) is 0.379. The van der Waals surface area contributed by atoms with Crippen LogP contribution >= 0.6 is 11.3 Å². The first-order valence-electron chi connectivity index (χ1n) is 11.3. The summed E-state index contributed by atoms with van der Waals surface area (Å²) < 4.78 is 0. The summed E-state index contributed by atoms with van der Waals surface area (Å²) in [6.07, 6.45) is 10.8. The second kappa shape index (κ2) is 6.95. The molecule has 30 heavy (non-hydrogen) atoms. The van der Waals surface area contributed by atoms with Crippen LogP contribution in [-0.2, 0) is 10.8 Å². The lowest BCUT2D eigenvalue weighted by Crippen LogP contribution is -2.35. The van der Waals surface area contributed by atoms with Gasteiger partial charge in [0.05, 0.1) is 5.41 Å². The summed E-state index contributed by atoms with van der Waals surface area (Å²) >= 11 is 1.93. The normalized spacial score (nSPS) is 26.0. The SMILES string of the molecule is CC1=CC2=C(CC1)C1=CC=C(C)CC1C2(c1ccc(C(C)(C)C)cc1)c1cccs1. The monoisotopic (exact) mass is 412 g/mol. The van der Waals surface area contributed by atoms with Crippen LogP contribution in [0.2, 0.25) is 0 Å². The molecule has 0 spiro atoms. The molecule has 0 aliphatic heterocycles. The van der Waals surface area contributed by atoms with Gasteiger partial charge in [-0.1, -0.05) is 80.5 Å². The highest BCUT2D eigenvalue weighted by Crippen LogP contribution is 2.62. The third-order valence-corrected chi connectivity index (χ3v) is 8.35. The van der Waals surface area contributed by atoms with Gasteiger partial charge in [-0.05, 0) is 77.8 Å². The molecule has 3 aliphatic carbocycles. The molecule has 0 nitrogen and oxygen atoms in total. The Kier molecular flexibility index (Phi) is 4.59. The number of benzene rings is 1. The summed E-state index contributed by atoms with van der Waals surface area (Å²) in [6.45, 7) is 11.5.